The van der Waals surface area contributed by atoms with Crippen molar-refractivity contribution in [2.24, 2.45) is 0 Å². The third-order valence-electron chi connectivity index (χ3n) is 5.29. The molecule has 0 saturated heterocycles. The summed E-state index contributed by atoms with van der Waals surface area (Å²) >= 11 is 1.41. The van der Waals surface area contributed by atoms with Crippen LogP contribution >= 0.6 is 11.3 Å². The number of nitrogens with zero attached hydrogens (tertiary/aromatic N) is 4. The number of para-hydroxylation sites is 1. The molecule has 0 aliphatic carbocycles. The molecule has 0 atom stereocenters. The van der Waals surface area contributed by atoms with Crippen molar-refractivity contribution in [1.29, 1.82) is 0 Å². The molecule has 0 fully saturated rings. The quantitative estimate of drug-likeness (QED) is 0.396. The Labute approximate surface area is 185 Å². The monoisotopic (exact) mass is 434 g/mol. The lowest BCUT2D eigenvalue weighted by molar-refractivity contribution is 0.223. The van der Waals surface area contributed by atoms with Crippen LogP contribution in [-0.2, 0) is 6.42 Å². The zero-order chi connectivity index (χ0) is 21.6. The molecule has 0 amide bonds. The molecule has 0 aliphatic heterocycles. The molecule has 2 aromatic carbocycles. The van der Waals surface area contributed by atoms with Gasteiger partial charge in [-0.2, -0.15) is 10.1 Å². The Morgan fingerprint density at radius 3 is 2.55 bits per heavy atom. The van der Waals surface area contributed by atoms with E-state index in [1.165, 1.54) is 11.3 Å². The summed E-state index contributed by atoms with van der Waals surface area (Å²) in [7, 11) is 0. The minimum Gasteiger partial charge on any atom is -0.492 e. The van der Waals surface area contributed by atoms with Crippen molar-refractivity contribution < 1.29 is 4.74 Å². The third kappa shape index (κ3) is 4.84. The van der Waals surface area contributed by atoms with E-state index < -0.39 is 0 Å². The standard InChI is InChI=1S/C24H26N4O2S/c1-3-27(4-2)14-15-30-22-13-9-8-12-19(22)21-17-31-24-25-23(29)20(26-28(21)24)16-18-10-6-5-7-11-18/h5-13,17H,3-4,14-16H2,1-2H3. The number of fused-ring (bicyclic) bond motifs is 1. The van der Waals surface area contributed by atoms with E-state index >= 15 is 0 Å². The maximum Gasteiger partial charge on any atom is 0.296 e. The van der Waals surface area contributed by atoms with Crippen LogP contribution in [0.1, 0.15) is 25.1 Å². The van der Waals surface area contributed by atoms with Gasteiger partial charge < -0.3 is 9.64 Å². The summed E-state index contributed by atoms with van der Waals surface area (Å²) in [6.07, 6.45) is 0.451. The van der Waals surface area contributed by atoms with Gasteiger partial charge in [0.2, 0.25) is 4.96 Å². The third-order valence-corrected chi connectivity index (χ3v) is 6.10. The van der Waals surface area contributed by atoms with Crippen LogP contribution in [-0.4, -0.2) is 45.7 Å². The van der Waals surface area contributed by atoms with Gasteiger partial charge in [-0.3, -0.25) is 4.79 Å². The molecule has 0 unspecified atom stereocenters. The molecule has 7 heteroatoms. The predicted molar refractivity (Wildman–Crippen MR) is 125 cm³/mol. The topological polar surface area (TPSA) is 59.7 Å². The van der Waals surface area contributed by atoms with Crippen LogP contribution in [0, 0.1) is 0 Å². The largest absolute Gasteiger partial charge is 0.492 e. The molecule has 0 bridgehead atoms. The zero-order valence-corrected chi connectivity index (χ0v) is 18.6. The highest BCUT2D eigenvalue weighted by Crippen LogP contribution is 2.32. The molecule has 0 N–H and O–H groups in total. The van der Waals surface area contributed by atoms with Crippen molar-refractivity contribution in [2.75, 3.05) is 26.2 Å². The number of thiazole rings is 1. The maximum absolute atomic E-state index is 12.5. The molecule has 4 aromatic rings. The molecule has 0 spiro atoms. The second-order valence-corrected chi connectivity index (χ2v) is 8.05. The fourth-order valence-corrected chi connectivity index (χ4v) is 4.32. The smallest absolute Gasteiger partial charge is 0.296 e. The molecular weight excluding hydrogens is 408 g/mol. The van der Waals surface area contributed by atoms with Gasteiger partial charge in [-0.15, -0.1) is 11.3 Å². The van der Waals surface area contributed by atoms with Crippen molar-refractivity contribution in [1.82, 2.24) is 19.5 Å². The average Bonchev–Trinajstić information content (AvgIpc) is 3.20. The highest BCUT2D eigenvalue weighted by Gasteiger charge is 2.15. The van der Waals surface area contributed by atoms with Crippen LogP contribution in [0.25, 0.3) is 16.2 Å². The van der Waals surface area contributed by atoms with Crippen LogP contribution in [0.5, 0.6) is 5.75 Å². The Bertz CT molecular complexity index is 1200. The molecule has 0 aliphatic rings. The molecule has 4 rings (SSSR count). The molecule has 31 heavy (non-hydrogen) atoms. The lowest BCUT2D eigenvalue weighted by Gasteiger charge is -2.18. The summed E-state index contributed by atoms with van der Waals surface area (Å²) in [5.41, 5.74) is 3.01. The minimum absolute atomic E-state index is 0.277. The summed E-state index contributed by atoms with van der Waals surface area (Å²) in [6, 6.07) is 17.8. The second-order valence-electron chi connectivity index (χ2n) is 7.21. The van der Waals surface area contributed by atoms with Gasteiger partial charge >= 0.3 is 0 Å². The first-order valence-electron chi connectivity index (χ1n) is 10.6. The van der Waals surface area contributed by atoms with Crippen LogP contribution in [0.15, 0.2) is 64.8 Å². The van der Waals surface area contributed by atoms with Crippen molar-refractivity contribution in [3.05, 3.63) is 81.6 Å². The van der Waals surface area contributed by atoms with Crippen LogP contribution in [0.2, 0.25) is 0 Å². The van der Waals surface area contributed by atoms with Crippen molar-refractivity contribution in [2.45, 2.75) is 20.3 Å². The SMILES string of the molecule is CCN(CC)CCOc1ccccc1-c1csc2nc(=O)c(Cc3ccccc3)nn12. The number of rotatable bonds is 9. The Morgan fingerprint density at radius 1 is 1.03 bits per heavy atom. The van der Waals surface area contributed by atoms with E-state index in [-0.39, 0.29) is 5.56 Å². The van der Waals surface area contributed by atoms with Gasteiger partial charge in [0.25, 0.3) is 5.56 Å². The second kappa shape index (κ2) is 9.85. The van der Waals surface area contributed by atoms with Gasteiger partial charge in [0.05, 0.1) is 5.69 Å². The van der Waals surface area contributed by atoms with Gasteiger partial charge in [-0.05, 0) is 30.8 Å². The zero-order valence-electron chi connectivity index (χ0n) is 17.8. The highest BCUT2D eigenvalue weighted by molar-refractivity contribution is 7.15. The molecule has 0 radical (unpaired) electrons. The summed E-state index contributed by atoms with van der Waals surface area (Å²) < 4.78 is 7.89. The summed E-state index contributed by atoms with van der Waals surface area (Å²) in [5.74, 6) is 0.805. The van der Waals surface area contributed by atoms with E-state index in [1.54, 1.807) is 4.52 Å². The first-order chi connectivity index (χ1) is 15.2. The summed E-state index contributed by atoms with van der Waals surface area (Å²) in [6.45, 7) is 7.80. The lowest BCUT2D eigenvalue weighted by Crippen LogP contribution is -2.28. The molecule has 6 nitrogen and oxygen atoms in total. The maximum atomic E-state index is 12.5. The van der Waals surface area contributed by atoms with Gasteiger partial charge in [0.1, 0.15) is 18.1 Å². The number of ether oxygens (including phenoxy) is 1. The number of benzene rings is 2. The molecule has 2 heterocycles. The van der Waals surface area contributed by atoms with E-state index in [0.717, 1.165) is 42.2 Å². The molecular formula is C24H26N4O2S. The van der Waals surface area contributed by atoms with Gasteiger partial charge in [-0.25, -0.2) is 4.52 Å². The molecule has 0 saturated carbocycles. The van der Waals surface area contributed by atoms with Crippen molar-refractivity contribution >= 4 is 16.3 Å². The minimum atomic E-state index is -0.277. The first-order valence-corrected chi connectivity index (χ1v) is 11.4. The Morgan fingerprint density at radius 2 is 1.77 bits per heavy atom. The summed E-state index contributed by atoms with van der Waals surface area (Å²) in [4.78, 5) is 19.7. The Kier molecular flexibility index (Phi) is 6.74. The van der Waals surface area contributed by atoms with E-state index in [9.17, 15) is 4.79 Å². The van der Waals surface area contributed by atoms with Crippen LogP contribution in [0.4, 0.5) is 0 Å². The predicted octanol–water partition coefficient (Wildman–Crippen LogP) is 4.13. The van der Waals surface area contributed by atoms with Crippen LogP contribution < -0.4 is 10.3 Å². The van der Waals surface area contributed by atoms with E-state index in [1.807, 2.05) is 60.0 Å². The fraction of sp³-hybridized carbons (Fsp3) is 0.292. The fourth-order valence-electron chi connectivity index (χ4n) is 3.50. The van der Waals surface area contributed by atoms with Crippen molar-refractivity contribution in [3.63, 3.8) is 0 Å². The molecule has 160 valence electrons. The highest BCUT2D eigenvalue weighted by atomic mass is 32.1. The Hall–Kier alpha value is -3.03. The number of hydrogen-bond acceptors (Lipinski definition) is 6. The Balaban J connectivity index is 1.65. The first kappa shape index (κ1) is 21.2. The lowest BCUT2D eigenvalue weighted by atomic mass is 10.1. The van der Waals surface area contributed by atoms with Gasteiger partial charge in [0.15, 0.2) is 0 Å². The van der Waals surface area contributed by atoms with Crippen molar-refractivity contribution in [3.8, 4) is 17.0 Å². The number of hydrogen-bond donors (Lipinski definition) is 0. The summed E-state index contributed by atoms with van der Waals surface area (Å²) in [5, 5.41) is 6.65. The van der Waals surface area contributed by atoms with E-state index in [2.05, 4.69) is 28.8 Å². The average molecular weight is 435 g/mol. The van der Waals surface area contributed by atoms with E-state index in [0.29, 0.717) is 23.7 Å². The normalized spacial score (nSPS) is 11.3. The molecule has 2 aromatic heterocycles. The number of aromatic nitrogens is 3. The van der Waals surface area contributed by atoms with Gasteiger partial charge in [0, 0.05) is 23.9 Å². The van der Waals surface area contributed by atoms with Crippen LogP contribution in [0.3, 0.4) is 0 Å². The van der Waals surface area contributed by atoms with Gasteiger partial charge in [-0.1, -0.05) is 56.3 Å². The van der Waals surface area contributed by atoms with E-state index in [4.69, 9.17) is 4.74 Å². The number of likely N-dealkylation sites (N-methyl/N-ethyl adjacent to an activating group) is 1.